The van der Waals surface area contributed by atoms with Gasteiger partial charge in [0.1, 0.15) is 17.8 Å². The normalized spacial score (nSPS) is 20.3. The van der Waals surface area contributed by atoms with Crippen LogP contribution in [0.15, 0.2) is 54.6 Å². The molecule has 2 aromatic carbocycles. The van der Waals surface area contributed by atoms with Crippen LogP contribution >= 0.6 is 0 Å². The highest BCUT2D eigenvalue weighted by Crippen LogP contribution is 2.19. The average Bonchev–Trinajstić information content (AvgIpc) is 2.89. The van der Waals surface area contributed by atoms with Gasteiger partial charge in [-0.3, -0.25) is 19.2 Å². The van der Waals surface area contributed by atoms with Crippen LogP contribution in [0.4, 0.5) is 0 Å². The van der Waals surface area contributed by atoms with Crippen molar-refractivity contribution in [2.24, 2.45) is 0 Å². The van der Waals surface area contributed by atoms with E-state index in [0.717, 1.165) is 6.42 Å². The lowest BCUT2D eigenvalue weighted by Gasteiger charge is -2.41. The summed E-state index contributed by atoms with van der Waals surface area (Å²) < 4.78 is 5.16. The number of benzene rings is 2. The number of piperidine rings is 1. The molecule has 2 saturated heterocycles. The first-order valence-electron chi connectivity index (χ1n) is 11.4. The second kappa shape index (κ2) is 10.4. The van der Waals surface area contributed by atoms with E-state index in [2.05, 4.69) is 10.6 Å². The predicted octanol–water partition coefficient (Wildman–Crippen LogP) is 1.06. The number of nitrogens with zero attached hydrogens (tertiary/aromatic N) is 2. The molecule has 2 atom stereocenters. The van der Waals surface area contributed by atoms with Crippen LogP contribution in [-0.4, -0.2) is 78.8 Å². The van der Waals surface area contributed by atoms with Gasteiger partial charge in [0.15, 0.2) is 0 Å². The molecule has 2 unspecified atom stereocenters. The van der Waals surface area contributed by atoms with E-state index < -0.39 is 18.0 Å². The second-order valence-corrected chi connectivity index (χ2v) is 8.35. The maximum atomic E-state index is 13.3. The zero-order chi connectivity index (χ0) is 24.1. The van der Waals surface area contributed by atoms with Gasteiger partial charge in [0, 0.05) is 30.8 Å². The molecular formula is C25H28N4O5. The summed E-state index contributed by atoms with van der Waals surface area (Å²) >= 11 is 0. The summed E-state index contributed by atoms with van der Waals surface area (Å²) in [5.41, 5.74) is 0.931. The van der Waals surface area contributed by atoms with E-state index in [0.29, 0.717) is 36.4 Å². The Morgan fingerprint density at radius 2 is 1.68 bits per heavy atom. The number of ether oxygens (including phenoxy) is 1. The van der Waals surface area contributed by atoms with Gasteiger partial charge in [0.25, 0.3) is 11.8 Å². The summed E-state index contributed by atoms with van der Waals surface area (Å²) in [5, 5.41) is 5.54. The van der Waals surface area contributed by atoms with Crippen LogP contribution in [0, 0.1) is 0 Å². The summed E-state index contributed by atoms with van der Waals surface area (Å²) in [6.45, 7) is 1.10. The summed E-state index contributed by atoms with van der Waals surface area (Å²) in [7, 11) is 1.54. The first kappa shape index (κ1) is 23.3. The van der Waals surface area contributed by atoms with Gasteiger partial charge in [0.2, 0.25) is 11.8 Å². The first-order chi connectivity index (χ1) is 16.5. The standard InChI is InChI=1S/C25H28N4O5/c1-34-19-11-9-18(10-12-19)25(33)29-15-14-28(24(32)17-6-3-2-4-7-17)16-21(29)23(31)27-20-8-5-13-26-22(20)30/h2-4,6-7,9-12,20-21H,5,8,13-16H2,1H3,(H,26,30)(H,27,31). The Bertz CT molecular complexity index is 1060. The van der Waals surface area contributed by atoms with Crippen molar-refractivity contribution in [2.45, 2.75) is 24.9 Å². The van der Waals surface area contributed by atoms with E-state index in [-0.39, 0.29) is 30.8 Å². The van der Waals surface area contributed by atoms with Gasteiger partial charge in [-0.1, -0.05) is 18.2 Å². The highest BCUT2D eigenvalue weighted by atomic mass is 16.5. The summed E-state index contributed by atoms with van der Waals surface area (Å²) in [6, 6.07) is 13.9. The summed E-state index contributed by atoms with van der Waals surface area (Å²) in [6.07, 6.45) is 1.29. The number of rotatable bonds is 5. The fraction of sp³-hybridized carbons (Fsp3) is 0.360. The molecule has 9 nitrogen and oxygen atoms in total. The Morgan fingerprint density at radius 1 is 0.971 bits per heavy atom. The number of hydrogen-bond donors (Lipinski definition) is 2. The van der Waals surface area contributed by atoms with Crippen molar-refractivity contribution < 1.29 is 23.9 Å². The van der Waals surface area contributed by atoms with Crippen molar-refractivity contribution in [2.75, 3.05) is 33.3 Å². The number of hydrogen-bond acceptors (Lipinski definition) is 5. The van der Waals surface area contributed by atoms with Crippen molar-refractivity contribution in [1.82, 2.24) is 20.4 Å². The van der Waals surface area contributed by atoms with Crippen LogP contribution in [0.2, 0.25) is 0 Å². The molecule has 178 valence electrons. The van der Waals surface area contributed by atoms with Crippen molar-refractivity contribution in [3.63, 3.8) is 0 Å². The smallest absolute Gasteiger partial charge is 0.254 e. The Morgan fingerprint density at radius 3 is 2.35 bits per heavy atom. The van der Waals surface area contributed by atoms with Crippen LogP contribution in [0.3, 0.4) is 0 Å². The molecule has 2 fully saturated rings. The van der Waals surface area contributed by atoms with E-state index in [1.807, 2.05) is 6.07 Å². The molecule has 9 heteroatoms. The van der Waals surface area contributed by atoms with Crippen molar-refractivity contribution in [1.29, 1.82) is 0 Å². The average molecular weight is 465 g/mol. The Labute approximate surface area is 198 Å². The lowest BCUT2D eigenvalue weighted by atomic mass is 10.0. The highest BCUT2D eigenvalue weighted by Gasteiger charge is 2.39. The van der Waals surface area contributed by atoms with Gasteiger partial charge in [-0.05, 0) is 49.2 Å². The lowest BCUT2D eigenvalue weighted by molar-refractivity contribution is -0.133. The fourth-order valence-corrected chi connectivity index (χ4v) is 4.28. The third-order valence-corrected chi connectivity index (χ3v) is 6.19. The fourth-order valence-electron chi connectivity index (χ4n) is 4.28. The van der Waals surface area contributed by atoms with E-state index in [1.54, 1.807) is 60.5 Å². The zero-order valence-electron chi connectivity index (χ0n) is 19.0. The third-order valence-electron chi connectivity index (χ3n) is 6.19. The minimum Gasteiger partial charge on any atom is -0.497 e. The molecule has 0 saturated carbocycles. The molecule has 2 heterocycles. The predicted molar refractivity (Wildman–Crippen MR) is 124 cm³/mol. The largest absolute Gasteiger partial charge is 0.497 e. The number of amides is 4. The minimum atomic E-state index is -0.925. The SMILES string of the molecule is COc1ccc(C(=O)N2CCN(C(=O)c3ccccc3)CC2C(=O)NC2CCCNC2=O)cc1. The van der Waals surface area contributed by atoms with Crippen molar-refractivity contribution >= 4 is 23.6 Å². The van der Waals surface area contributed by atoms with E-state index in [4.69, 9.17) is 4.74 Å². The van der Waals surface area contributed by atoms with Crippen molar-refractivity contribution in [3.05, 3.63) is 65.7 Å². The number of nitrogens with one attached hydrogen (secondary N) is 2. The first-order valence-corrected chi connectivity index (χ1v) is 11.4. The maximum Gasteiger partial charge on any atom is 0.254 e. The second-order valence-electron chi connectivity index (χ2n) is 8.35. The van der Waals surface area contributed by atoms with Crippen LogP contribution < -0.4 is 15.4 Å². The van der Waals surface area contributed by atoms with Crippen molar-refractivity contribution in [3.8, 4) is 5.75 Å². The summed E-state index contributed by atoms with van der Waals surface area (Å²) in [5.74, 6) is -0.587. The van der Waals surface area contributed by atoms with Crippen LogP contribution in [0.1, 0.15) is 33.6 Å². The van der Waals surface area contributed by atoms with Crippen LogP contribution in [-0.2, 0) is 9.59 Å². The lowest BCUT2D eigenvalue weighted by Crippen LogP contribution is -2.63. The van der Waals surface area contributed by atoms with E-state index in [9.17, 15) is 19.2 Å². The van der Waals surface area contributed by atoms with Gasteiger partial charge in [-0.2, -0.15) is 0 Å². The van der Waals surface area contributed by atoms with Gasteiger partial charge >= 0.3 is 0 Å². The Hall–Kier alpha value is -3.88. The van der Waals surface area contributed by atoms with Gasteiger partial charge in [-0.25, -0.2) is 0 Å². The molecule has 0 aliphatic carbocycles. The van der Waals surface area contributed by atoms with Gasteiger partial charge in [0.05, 0.1) is 13.7 Å². The van der Waals surface area contributed by atoms with Gasteiger partial charge < -0.3 is 25.2 Å². The number of methoxy groups -OCH3 is 1. The summed E-state index contributed by atoms with van der Waals surface area (Å²) in [4.78, 5) is 54.9. The third kappa shape index (κ3) is 5.03. The molecule has 0 bridgehead atoms. The number of carbonyl (C=O) groups excluding carboxylic acids is 4. The number of carbonyl (C=O) groups is 4. The van der Waals surface area contributed by atoms with E-state index >= 15 is 0 Å². The highest BCUT2D eigenvalue weighted by molar-refractivity contribution is 6.00. The molecule has 2 aliphatic rings. The molecule has 2 aromatic rings. The Kier molecular flexibility index (Phi) is 7.10. The van der Waals surface area contributed by atoms with Crippen LogP contribution in [0.5, 0.6) is 5.75 Å². The molecule has 34 heavy (non-hydrogen) atoms. The monoisotopic (exact) mass is 464 g/mol. The molecule has 0 spiro atoms. The maximum absolute atomic E-state index is 13.3. The van der Waals surface area contributed by atoms with E-state index in [1.165, 1.54) is 4.90 Å². The Balaban J connectivity index is 1.56. The zero-order valence-corrected chi connectivity index (χ0v) is 19.0. The topological polar surface area (TPSA) is 108 Å². The molecule has 2 aliphatic heterocycles. The minimum absolute atomic E-state index is 0.0375. The van der Waals surface area contributed by atoms with Gasteiger partial charge in [-0.15, -0.1) is 0 Å². The quantitative estimate of drug-likeness (QED) is 0.688. The molecule has 0 aromatic heterocycles. The molecule has 4 amide bonds. The number of piperazine rings is 1. The molecule has 4 rings (SSSR count). The molecular weight excluding hydrogens is 436 g/mol. The molecule has 2 N–H and O–H groups in total. The molecule has 0 radical (unpaired) electrons. The van der Waals surface area contributed by atoms with Crippen LogP contribution in [0.25, 0.3) is 0 Å².